The van der Waals surface area contributed by atoms with E-state index in [1.807, 2.05) is 79.9 Å². The van der Waals surface area contributed by atoms with Gasteiger partial charge in [-0.25, -0.2) is 54.8 Å². The summed E-state index contributed by atoms with van der Waals surface area (Å²) in [4.78, 5) is 75.3. The number of hydrogen-bond donors (Lipinski definition) is 0. The zero-order valence-corrected chi connectivity index (χ0v) is 56.2. The third-order valence-electron chi connectivity index (χ3n) is 20.5. The van der Waals surface area contributed by atoms with Crippen molar-refractivity contribution in [2.45, 2.75) is 82.8 Å². The maximum Gasteiger partial charge on any atom is 0.163 e. The van der Waals surface area contributed by atoms with E-state index in [4.69, 9.17) is 0 Å². The second kappa shape index (κ2) is 24.5. The van der Waals surface area contributed by atoms with Crippen molar-refractivity contribution in [3.63, 3.8) is 0 Å². The van der Waals surface area contributed by atoms with Gasteiger partial charge in [0.1, 0.15) is 96.7 Å². The van der Waals surface area contributed by atoms with Gasteiger partial charge in [-0.1, -0.05) is 97.1 Å². The first-order chi connectivity index (χ1) is 49.9. The SMILES string of the molecule is CC(C)N1c2ncncc2N2c3ccccc3CC21.CN1c2ncncc2N2c3ccccc3CC12.c1ccc(N2c3ncncc3N3c4ccccc4CC32)nc1.c1ccc2c(c1)CC1N2c2cncnc2N1c1ccncc1.c1csc(N2c3ncncc3N3c4ccccc4CC32)c1. The van der Waals surface area contributed by atoms with Gasteiger partial charge in [-0.15, -0.1) is 11.3 Å². The fourth-order valence-electron chi connectivity index (χ4n) is 16.4. The molecule has 0 saturated carbocycles. The lowest BCUT2D eigenvalue weighted by molar-refractivity contribution is 0.585. The normalized spacial score (nSPS) is 18.8. The zero-order chi connectivity index (χ0) is 67.2. The van der Waals surface area contributed by atoms with Gasteiger partial charge in [0.05, 0.1) is 36.0 Å². The number of fused-ring (bicyclic) bond motifs is 25. The van der Waals surface area contributed by atoms with Crippen LogP contribution in [0.15, 0.2) is 250 Å². The van der Waals surface area contributed by atoms with Gasteiger partial charge in [-0.2, -0.15) is 0 Å². The van der Waals surface area contributed by atoms with Crippen molar-refractivity contribution in [2.24, 2.45) is 0 Å². The Balaban J connectivity index is 0.0000000879. The van der Waals surface area contributed by atoms with E-state index in [9.17, 15) is 0 Å². The molecule has 0 N–H and O–H groups in total. The summed E-state index contributed by atoms with van der Waals surface area (Å²) in [5, 5.41) is 3.34. The van der Waals surface area contributed by atoms with Crippen molar-refractivity contribution in [1.82, 2.24) is 59.8 Å². The van der Waals surface area contributed by atoms with Gasteiger partial charge in [0.15, 0.2) is 29.1 Å². The topological polar surface area (TPSA) is 187 Å². The van der Waals surface area contributed by atoms with Crippen LogP contribution in [0.1, 0.15) is 41.7 Å². The van der Waals surface area contributed by atoms with Crippen LogP contribution >= 0.6 is 11.3 Å². The fraction of sp³-hybridized carbons (Fsp3) is 0.179. The molecule has 0 aliphatic carbocycles. The molecule has 494 valence electrons. The summed E-state index contributed by atoms with van der Waals surface area (Å²) < 4.78 is 0. The molecule has 0 spiro atoms. The van der Waals surface area contributed by atoms with Crippen molar-refractivity contribution in [1.29, 1.82) is 0 Å². The Morgan fingerprint density at radius 2 is 0.693 bits per heavy atom. The predicted molar refractivity (Wildman–Crippen MR) is 396 cm³/mol. The Labute approximate surface area is 587 Å². The van der Waals surface area contributed by atoms with Crippen molar-refractivity contribution in [3.8, 4) is 0 Å². The summed E-state index contributed by atoms with van der Waals surface area (Å²) in [7, 11) is 2.10. The molecule has 0 amide bonds. The standard InChI is InChI=1S/2C17H13N5.C16H12N4S.C15H16N4.C13H12N4/c1-2-6-13-12(5-1)9-16-21(13)14-10-18-11-20-17(14)22(16)15-7-3-4-8-19-15;1-2-4-14-12(3-1)9-16-21(13-5-7-18-8-6-13)17-15(22(14)16)10-19-11-20-17;1-2-5-12-11(4-1)8-14-19(12)13-9-17-10-18-16(13)20(14)15-6-3-7-21-15;1-10(2)18-14-7-11-5-3-4-6-12(11)19(14)13-8-16-9-17-15(13)18;1-16-12-6-9-4-2-3-5-10(9)17(12)11-7-14-8-15-13(11)16/h2*1-8,10-11,16H,9H2;1-7,9-10,14H,8H2;3-6,8-10,14H,7H2,1-2H3;2-5,7-8,12H,6H2,1H3. The number of thiophene rings is 1. The molecule has 0 radical (unpaired) electrons. The summed E-state index contributed by atoms with van der Waals surface area (Å²) in [6, 6.07) is 57.5. The largest absolute Gasteiger partial charge is 0.337 e. The van der Waals surface area contributed by atoms with Gasteiger partial charge >= 0.3 is 0 Å². The minimum atomic E-state index is 0.180. The maximum absolute atomic E-state index is 4.53. The highest BCUT2D eigenvalue weighted by atomic mass is 32.1. The number of likely N-dealkylation sites (N-methyl/N-ethyl adjacent to an activating group) is 1. The molecule has 5 aromatic carbocycles. The van der Waals surface area contributed by atoms with Gasteiger partial charge < -0.3 is 39.2 Å². The summed E-state index contributed by atoms with van der Waals surface area (Å²) in [5.74, 6) is 5.90. The van der Waals surface area contributed by atoms with Crippen LogP contribution in [0.2, 0.25) is 0 Å². The maximum atomic E-state index is 4.53. The summed E-state index contributed by atoms with van der Waals surface area (Å²) in [6.07, 6.45) is 29.5. The summed E-state index contributed by atoms with van der Waals surface area (Å²) >= 11 is 1.75. The van der Waals surface area contributed by atoms with Crippen LogP contribution < -0.4 is 49.0 Å². The first kappa shape index (κ1) is 59.7. The average Bonchev–Trinajstić information content (AvgIpc) is 1.60. The molecule has 18 heterocycles. The van der Waals surface area contributed by atoms with Crippen LogP contribution in [0, 0.1) is 0 Å². The van der Waals surface area contributed by atoms with Gasteiger partial charge in [-0.05, 0) is 114 Å². The molecule has 5 atom stereocenters. The van der Waals surface area contributed by atoms with E-state index in [-0.39, 0.29) is 18.5 Å². The first-order valence-electron chi connectivity index (χ1n) is 34.0. The number of aromatic nitrogens is 12. The molecule has 0 bridgehead atoms. The number of anilines is 18. The molecular formula is C78H66N22S. The Bertz CT molecular complexity index is 5070. The van der Waals surface area contributed by atoms with Gasteiger partial charge in [0.2, 0.25) is 0 Å². The summed E-state index contributed by atoms with van der Waals surface area (Å²) in [5.41, 5.74) is 19.8. The van der Waals surface area contributed by atoms with Crippen LogP contribution in [0.25, 0.3) is 0 Å². The predicted octanol–water partition coefficient (Wildman–Crippen LogP) is 14.5. The van der Waals surface area contributed by atoms with Gasteiger partial charge in [0, 0.05) is 97.9 Å². The van der Waals surface area contributed by atoms with Gasteiger partial charge in [0.25, 0.3) is 0 Å². The fourth-order valence-corrected chi connectivity index (χ4v) is 17.2. The molecule has 0 fully saturated rings. The monoisotopic (exact) mass is 1340 g/mol. The van der Waals surface area contributed by atoms with Crippen LogP contribution in [0.3, 0.4) is 0 Å². The highest BCUT2D eigenvalue weighted by Crippen LogP contribution is 2.56. The van der Waals surface area contributed by atoms with E-state index in [1.165, 1.54) is 61.3 Å². The molecule has 10 aliphatic heterocycles. The second-order valence-electron chi connectivity index (χ2n) is 26.1. The van der Waals surface area contributed by atoms with Crippen LogP contribution in [-0.2, 0) is 32.1 Å². The van der Waals surface area contributed by atoms with Crippen molar-refractivity contribution in [2.75, 3.05) is 56.0 Å². The van der Waals surface area contributed by atoms with E-state index < -0.39 is 0 Å². The highest BCUT2D eigenvalue weighted by Gasteiger charge is 2.49. The molecule has 13 aromatic rings. The van der Waals surface area contributed by atoms with Crippen LogP contribution in [0.4, 0.5) is 102 Å². The van der Waals surface area contributed by atoms with Crippen LogP contribution in [-0.4, -0.2) is 104 Å². The number of nitrogens with zero attached hydrogens (tertiary/aromatic N) is 22. The molecule has 23 rings (SSSR count). The Morgan fingerprint density at radius 3 is 1.16 bits per heavy atom. The second-order valence-corrected chi connectivity index (χ2v) is 27.1. The first-order valence-corrected chi connectivity index (χ1v) is 34.9. The van der Waals surface area contributed by atoms with Crippen molar-refractivity contribution >= 4 is 114 Å². The van der Waals surface area contributed by atoms with E-state index in [2.05, 4.69) is 269 Å². The number of hydrogen-bond acceptors (Lipinski definition) is 23. The lowest BCUT2D eigenvalue weighted by atomic mass is 10.1. The van der Waals surface area contributed by atoms with E-state index in [1.54, 1.807) is 43.0 Å². The number of para-hydroxylation sites is 5. The van der Waals surface area contributed by atoms with Crippen molar-refractivity contribution in [3.05, 3.63) is 278 Å². The van der Waals surface area contributed by atoms with Gasteiger partial charge in [-0.3, -0.25) is 14.8 Å². The molecule has 8 aromatic heterocycles. The van der Waals surface area contributed by atoms with E-state index in [0.717, 1.165) is 101 Å². The molecule has 5 unspecified atom stereocenters. The lowest BCUT2D eigenvalue weighted by Crippen LogP contribution is -2.43. The average molecular weight is 1340 g/mol. The Morgan fingerprint density at radius 1 is 0.317 bits per heavy atom. The minimum absolute atomic E-state index is 0.180. The summed E-state index contributed by atoms with van der Waals surface area (Å²) in [6.45, 7) is 4.44. The molecule has 23 heteroatoms. The number of pyridine rings is 2. The van der Waals surface area contributed by atoms with Crippen molar-refractivity contribution < 1.29 is 0 Å². The molecule has 0 saturated heterocycles. The minimum Gasteiger partial charge on any atom is -0.337 e. The molecule has 10 aliphatic rings. The number of rotatable bonds is 4. The van der Waals surface area contributed by atoms with E-state index in [0.29, 0.717) is 18.4 Å². The quantitative estimate of drug-likeness (QED) is 0.162. The highest BCUT2D eigenvalue weighted by molar-refractivity contribution is 7.14. The van der Waals surface area contributed by atoms with E-state index >= 15 is 0 Å². The number of benzene rings is 5. The lowest BCUT2D eigenvalue weighted by Gasteiger charge is -2.30. The molecular weight excluding hydrogens is 1280 g/mol. The Hall–Kier alpha value is -12.5. The Kier molecular flexibility index (Phi) is 14.5. The molecule has 101 heavy (non-hydrogen) atoms. The third kappa shape index (κ3) is 9.72. The third-order valence-corrected chi connectivity index (χ3v) is 21.3. The van der Waals surface area contributed by atoms with Crippen LogP contribution in [0.5, 0.6) is 0 Å². The molecule has 22 nitrogen and oxygen atoms in total. The zero-order valence-electron chi connectivity index (χ0n) is 55.4. The smallest absolute Gasteiger partial charge is 0.163 e.